The van der Waals surface area contributed by atoms with E-state index in [0.29, 0.717) is 35.9 Å². The van der Waals surface area contributed by atoms with Crippen molar-refractivity contribution in [2.45, 2.75) is 13.2 Å². The van der Waals surface area contributed by atoms with Crippen molar-refractivity contribution in [1.82, 2.24) is 20.9 Å². The van der Waals surface area contributed by atoms with E-state index in [1.165, 1.54) is 19.4 Å². The highest BCUT2D eigenvalue weighted by molar-refractivity contribution is 14.0. The Balaban J connectivity index is 0.00000450. The number of carbonyl (C=O) groups excluding carboxylic acids is 1. The fraction of sp³-hybridized carbons (Fsp3) is 0.316. The average Bonchev–Trinajstić information content (AvgIpc) is 2.74. The zero-order chi connectivity index (χ0) is 21.1. The molecule has 0 atom stereocenters. The van der Waals surface area contributed by atoms with Gasteiger partial charge in [0.15, 0.2) is 5.96 Å². The maximum atomic E-state index is 12.6. The number of nitrogens with one attached hydrogen (secondary N) is 3. The van der Waals surface area contributed by atoms with Crippen LogP contribution in [-0.2, 0) is 6.54 Å². The van der Waals surface area contributed by atoms with Gasteiger partial charge in [-0.25, -0.2) is 0 Å². The van der Waals surface area contributed by atoms with Gasteiger partial charge in [-0.1, -0.05) is 0 Å². The van der Waals surface area contributed by atoms with Crippen LogP contribution in [0.25, 0.3) is 0 Å². The van der Waals surface area contributed by atoms with Crippen molar-refractivity contribution in [2.24, 2.45) is 4.99 Å². The number of aliphatic imine (C=N–C) groups is 1. The second-order valence-corrected chi connectivity index (χ2v) is 5.70. The van der Waals surface area contributed by atoms with Crippen LogP contribution in [0.1, 0.15) is 15.9 Å². The molecule has 0 saturated heterocycles. The molecule has 1 aromatic heterocycles. The van der Waals surface area contributed by atoms with E-state index in [1.807, 2.05) is 0 Å². The quantitative estimate of drug-likeness (QED) is 0.198. The van der Waals surface area contributed by atoms with Gasteiger partial charge >= 0.3 is 6.61 Å². The van der Waals surface area contributed by atoms with Crippen molar-refractivity contribution >= 4 is 35.8 Å². The van der Waals surface area contributed by atoms with E-state index in [1.54, 1.807) is 37.5 Å². The third-order valence-electron chi connectivity index (χ3n) is 3.78. The molecule has 30 heavy (non-hydrogen) atoms. The number of carbonyl (C=O) groups is 1. The van der Waals surface area contributed by atoms with Gasteiger partial charge in [0, 0.05) is 44.6 Å². The third-order valence-corrected chi connectivity index (χ3v) is 3.78. The van der Waals surface area contributed by atoms with E-state index < -0.39 is 6.61 Å². The number of methoxy groups -OCH3 is 1. The van der Waals surface area contributed by atoms with Crippen LogP contribution in [-0.4, -0.2) is 50.7 Å². The molecule has 0 bridgehead atoms. The van der Waals surface area contributed by atoms with Crippen LogP contribution in [0.4, 0.5) is 8.78 Å². The molecular formula is C19H24F2IN5O3. The minimum atomic E-state index is -2.93. The molecule has 1 amide bonds. The number of halogens is 3. The summed E-state index contributed by atoms with van der Waals surface area (Å²) in [6.07, 6.45) is 3.07. The topological polar surface area (TPSA) is 96.9 Å². The highest BCUT2D eigenvalue weighted by Crippen LogP contribution is 2.25. The van der Waals surface area contributed by atoms with E-state index in [4.69, 9.17) is 4.74 Å². The Morgan fingerprint density at radius 3 is 2.60 bits per heavy atom. The lowest BCUT2D eigenvalue weighted by molar-refractivity contribution is -0.0505. The van der Waals surface area contributed by atoms with Crippen LogP contribution < -0.4 is 25.4 Å². The Bertz CT molecular complexity index is 825. The fourth-order valence-corrected chi connectivity index (χ4v) is 2.39. The molecule has 1 heterocycles. The lowest BCUT2D eigenvalue weighted by Gasteiger charge is -2.15. The van der Waals surface area contributed by atoms with Crippen LogP contribution in [0.5, 0.6) is 11.5 Å². The van der Waals surface area contributed by atoms with Gasteiger partial charge in [-0.3, -0.25) is 14.8 Å². The summed E-state index contributed by atoms with van der Waals surface area (Å²) >= 11 is 0. The Kier molecular flexibility index (Phi) is 11.4. The summed E-state index contributed by atoms with van der Waals surface area (Å²) in [4.78, 5) is 19.9. The van der Waals surface area contributed by atoms with E-state index in [0.717, 1.165) is 0 Å². The molecule has 11 heteroatoms. The first-order chi connectivity index (χ1) is 14.0. The Morgan fingerprint density at radius 2 is 1.97 bits per heavy atom. The van der Waals surface area contributed by atoms with Crippen molar-refractivity contribution in [1.29, 1.82) is 0 Å². The van der Waals surface area contributed by atoms with E-state index in [2.05, 4.69) is 30.7 Å². The van der Waals surface area contributed by atoms with E-state index in [9.17, 15) is 13.6 Å². The first kappa shape index (κ1) is 25.3. The zero-order valence-corrected chi connectivity index (χ0v) is 18.9. The molecule has 0 spiro atoms. The van der Waals surface area contributed by atoms with Crippen LogP contribution >= 0.6 is 24.0 Å². The Hall–Kier alpha value is -2.70. The van der Waals surface area contributed by atoms with Gasteiger partial charge < -0.3 is 25.4 Å². The number of benzene rings is 1. The first-order valence-electron chi connectivity index (χ1n) is 8.78. The third kappa shape index (κ3) is 8.35. The number of hydrogen-bond acceptors (Lipinski definition) is 5. The summed E-state index contributed by atoms with van der Waals surface area (Å²) in [5, 5.41) is 8.78. The molecule has 0 fully saturated rings. The summed E-state index contributed by atoms with van der Waals surface area (Å²) < 4.78 is 34.8. The summed E-state index contributed by atoms with van der Waals surface area (Å²) in [6, 6.07) is 7.92. The molecule has 164 valence electrons. The molecule has 2 rings (SSSR count). The number of nitrogens with zero attached hydrogens (tertiary/aromatic N) is 2. The lowest BCUT2D eigenvalue weighted by Crippen LogP contribution is -2.41. The molecule has 0 aliphatic carbocycles. The Morgan fingerprint density at radius 1 is 1.20 bits per heavy atom. The van der Waals surface area contributed by atoms with Gasteiger partial charge in [-0.2, -0.15) is 8.78 Å². The van der Waals surface area contributed by atoms with E-state index in [-0.39, 0.29) is 42.2 Å². The molecule has 0 aliphatic heterocycles. The zero-order valence-electron chi connectivity index (χ0n) is 16.5. The monoisotopic (exact) mass is 535 g/mol. The number of rotatable bonds is 9. The van der Waals surface area contributed by atoms with Crippen molar-refractivity contribution in [3.05, 3.63) is 53.9 Å². The van der Waals surface area contributed by atoms with Crippen molar-refractivity contribution < 1.29 is 23.0 Å². The molecule has 1 aromatic carbocycles. The second kappa shape index (κ2) is 13.5. The minimum absolute atomic E-state index is 0. The van der Waals surface area contributed by atoms with Gasteiger partial charge in [0.25, 0.3) is 5.91 Å². The SMILES string of the molecule is CN=C(NCCNC(=O)c1cccnc1)NCc1cc(OC)ccc1OC(F)F.I. The van der Waals surface area contributed by atoms with Crippen molar-refractivity contribution in [3.8, 4) is 11.5 Å². The predicted molar refractivity (Wildman–Crippen MR) is 120 cm³/mol. The lowest BCUT2D eigenvalue weighted by atomic mass is 10.2. The second-order valence-electron chi connectivity index (χ2n) is 5.70. The number of ether oxygens (including phenoxy) is 2. The van der Waals surface area contributed by atoms with Gasteiger partial charge in [0.1, 0.15) is 11.5 Å². The number of guanidine groups is 1. The van der Waals surface area contributed by atoms with Gasteiger partial charge in [-0.15, -0.1) is 24.0 Å². The van der Waals surface area contributed by atoms with Crippen molar-refractivity contribution in [3.63, 3.8) is 0 Å². The maximum absolute atomic E-state index is 12.6. The molecule has 3 N–H and O–H groups in total. The first-order valence-corrected chi connectivity index (χ1v) is 8.78. The smallest absolute Gasteiger partial charge is 0.387 e. The van der Waals surface area contributed by atoms with Crippen LogP contribution in [0.3, 0.4) is 0 Å². The standard InChI is InChI=1S/C19H23F2N5O3.HI/c1-22-19(25-9-8-24-17(27)13-4-3-7-23-11-13)26-12-14-10-15(28-2)5-6-16(14)29-18(20)21;/h3-7,10-11,18H,8-9,12H2,1-2H3,(H,24,27)(H2,22,25,26);1H. The fourth-order valence-electron chi connectivity index (χ4n) is 2.39. The molecular weight excluding hydrogens is 511 g/mol. The molecule has 0 saturated carbocycles. The highest BCUT2D eigenvalue weighted by Gasteiger charge is 2.12. The number of amides is 1. The molecule has 0 radical (unpaired) electrons. The van der Waals surface area contributed by atoms with Crippen LogP contribution in [0, 0.1) is 0 Å². The highest BCUT2D eigenvalue weighted by atomic mass is 127. The van der Waals surface area contributed by atoms with Gasteiger partial charge in [0.05, 0.1) is 12.7 Å². The largest absolute Gasteiger partial charge is 0.497 e. The summed E-state index contributed by atoms with van der Waals surface area (Å²) in [6.45, 7) is -1.98. The molecule has 8 nitrogen and oxygen atoms in total. The average molecular weight is 535 g/mol. The van der Waals surface area contributed by atoms with E-state index >= 15 is 0 Å². The maximum Gasteiger partial charge on any atom is 0.387 e. The summed E-state index contributed by atoms with van der Waals surface area (Å²) in [5.41, 5.74) is 0.956. The van der Waals surface area contributed by atoms with Crippen LogP contribution in [0.2, 0.25) is 0 Å². The normalized spacial score (nSPS) is 10.8. The summed E-state index contributed by atoms with van der Waals surface area (Å²) in [5.74, 6) is 0.774. The van der Waals surface area contributed by atoms with Gasteiger partial charge in [0.2, 0.25) is 0 Å². The molecule has 0 unspecified atom stereocenters. The van der Waals surface area contributed by atoms with Gasteiger partial charge in [-0.05, 0) is 30.3 Å². The number of pyridine rings is 1. The molecule has 2 aromatic rings. The minimum Gasteiger partial charge on any atom is -0.497 e. The predicted octanol–water partition coefficient (Wildman–Crippen LogP) is 2.40. The number of alkyl halides is 2. The number of hydrogen-bond donors (Lipinski definition) is 3. The number of aromatic nitrogens is 1. The van der Waals surface area contributed by atoms with Crippen LogP contribution in [0.15, 0.2) is 47.7 Å². The van der Waals surface area contributed by atoms with Crippen molar-refractivity contribution in [2.75, 3.05) is 27.2 Å². The summed E-state index contributed by atoms with van der Waals surface area (Å²) in [7, 11) is 3.06. The molecule has 0 aliphatic rings. The Labute approximate surface area is 190 Å².